The molecular weight excluding hydrogens is 212 g/mol. The monoisotopic (exact) mass is 224 g/mol. The van der Waals surface area contributed by atoms with Crippen LogP contribution in [0, 0.1) is 11.3 Å². The molecule has 0 aliphatic carbocycles. The van der Waals surface area contributed by atoms with Gasteiger partial charge in [0.1, 0.15) is 11.9 Å². The number of benzene rings is 1. The number of hydrogen-bond acceptors (Lipinski definition) is 4. The van der Waals surface area contributed by atoms with Gasteiger partial charge in [-0.2, -0.15) is 5.26 Å². The number of pyridine rings is 1. The summed E-state index contributed by atoms with van der Waals surface area (Å²) in [6.07, 6.45) is 1.54. The minimum Gasteiger partial charge on any atom is -0.399 e. The molecule has 0 saturated carbocycles. The summed E-state index contributed by atoms with van der Waals surface area (Å²) in [4.78, 5) is 4.12. The van der Waals surface area contributed by atoms with Crippen molar-refractivity contribution in [2.45, 2.75) is 6.54 Å². The quantitative estimate of drug-likeness (QED) is 0.783. The highest BCUT2D eigenvalue weighted by atomic mass is 15.0. The van der Waals surface area contributed by atoms with Gasteiger partial charge in [0.15, 0.2) is 0 Å². The summed E-state index contributed by atoms with van der Waals surface area (Å²) in [6.45, 7) is 0.657. The lowest BCUT2D eigenvalue weighted by atomic mass is 10.2. The van der Waals surface area contributed by atoms with Crippen LogP contribution in [0.15, 0.2) is 42.6 Å². The van der Waals surface area contributed by atoms with E-state index in [4.69, 9.17) is 11.0 Å². The molecule has 0 fully saturated rings. The van der Waals surface area contributed by atoms with E-state index in [1.807, 2.05) is 30.3 Å². The summed E-state index contributed by atoms with van der Waals surface area (Å²) >= 11 is 0. The molecule has 4 heteroatoms. The molecule has 1 aromatic heterocycles. The molecule has 0 amide bonds. The number of hydrogen-bond donors (Lipinski definition) is 2. The number of nitriles is 1. The zero-order valence-corrected chi connectivity index (χ0v) is 9.22. The molecule has 0 bridgehead atoms. The SMILES string of the molecule is N#Cc1ccc(NCc2cccc(N)c2)nc1. The number of nitrogens with one attached hydrogen (secondary N) is 1. The second-order valence-corrected chi connectivity index (χ2v) is 3.64. The molecular formula is C13H12N4. The van der Waals surface area contributed by atoms with Gasteiger partial charge in [-0.15, -0.1) is 0 Å². The minimum atomic E-state index is 0.555. The summed E-state index contributed by atoms with van der Waals surface area (Å²) in [5.41, 5.74) is 8.08. The third kappa shape index (κ3) is 2.95. The van der Waals surface area contributed by atoms with Gasteiger partial charge in [0.25, 0.3) is 0 Å². The van der Waals surface area contributed by atoms with Gasteiger partial charge < -0.3 is 11.1 Å². The molecule has 0 saturated heterocycles. The highest BCUT2D eigenvalue weighted by molar-refractivity contribution is 5.43. The molecule has 17 heavy (non-hydrogen) atoms. The van der Waals surface area contributed by atoms with Crippen molar-refractivity contribution in [3.63, 3.8) is 0 Å². The maximum atomic E-state index is 8.64. The minimum absolute atomic E-state index is 0.555. The van der Waals surface area contributed by atoms with E-state index < -0.39 is 0 Å². The van der Waals surface area contributed by atoms with Gasteiger partial charge in [-0.05, 0) is 29.8 Å². The predicted molar refractivity (Wildman–Crippen MR) is 67.1 cm³/mol. The number of nitrogens with zero attached hydrogens (tertiary/aromatic N) is 2. The molecule has 2 rings (SSSR count). The first-order chi connectivity index (χ1) is 8.28. The van der Waals surface area contributed by atoms with Gasteiger partial charge in [-0.25, -0.2) is 4.98 Å². The first-order valence-corrected chi connectivity index (χ1v) is 5.22. The second-order valence-electron chi connectivity index (χ2n) is 3.64. The standard InChI is InChI=1S/C13H12N4/c14-7-11-4-5-13(17-9-11)16-8-10-2-1-3-12(15)6-10/h1-6,9H,8,15H2,(H,16,17). The van der Waals surface area contributed by atoms with Gasteiger partial charge >= 0.3 is 0 Å². The van der Waals surface area contributed by atoms with Crippen molar-refractivity contribution >= 4 is 11.5 Å². The third-order valence-electron chi connectivity index (χ3n) is 2.32. The summed E-state index contributed by atoms with van der Waals surface area (Å²) in [7, 11) is 0. The van der Waals surface area contributed by atoms with Gasteiger partial charge in [-0.3, -0.25) is 0 Å². The Hall–Kier alpha value is -2.54. The number of nitrogens with two attached hydrogens (primary N) is 1. The van der Waals surface area contributed by atoms with Crippen LogP contribution in [0.3, 0.4) is 0 Å². The summed E-state index contributed by atoms with van der Waals surface area (Å²) < 4.78 is 0. The number of anilines is 2. The van der Waals surface area contributed by atoms with Crippen LogP contribution in [0.5, 0.6) is 0 Å². The zero-order chi connectivity index (χ0) is 12.1. The number of nitrogen functional groups attached to an aromatic ring is 1. The van der Waals surface area contributed by atoms with Crippen LogP contribution >= 0.6 is 0 Å². The summed E-state index contributed by atoms with van der Waals surface area (Å²) in [5, 5.41) is 11.8. The van der Waals surface area contributed by atoms with Gasteiger partial charge in [0.2, 0.25) is 0 Å². The Kier molecular flexibility index (Phi) is 3.22. The van der Waals surface area contributed by atoms with Crippen molar-refractivity contribution in [2.75, 3.05) is 11.1 Å². The van der Waals surface area contributed by atoms with E-state index in [2.05, 4.69) is 10.3 Å². The van der Waals surface area contributed by atoms with E-state index >= 15 is 0 Å². The Morgan fingerprint density at radius 1 is 1.29 bits per heavy atom. The van der Waals surface area contributed by atoms with E-state index in [-0.39, 0.29) is 0 Å². The molecule has 0 unspecified atom stereocenters. The average Bonchev–Trinajstić information content (AvgIpc) is 2.37. The van der Waals surface area contributed by atoms with E-state index in [1.54, 1.807) is 18.3 Å². The molecule has 0 aliphatic heterocycles. The molecule has 0 aliphatic rings. The van der Waals surface area contributed by atoms with E-state index in [0.29, 0.717) is 12.1 Å². The lowest BCUT2D eigenvalue weighted by Gasteiger charge is -2.06. The fourth-order valence-electron chi connectivity index (χ4n) is 1.46. The molecule has 84 valence electrons. The third-order valence-corrected chi connectivity index (χ3v) is 2.32. The molecule has 0 radical (unpaired) electrons. The fraction of sp³-hybridized carbons (Fsp3) is 0.0769. The lowest BCUT2D eigenvalue weighted by Crippen LogP contribution is -2.01. The van der Waals surface area contributed by atoms with Crippen molar-refractivity contribution in [1.82, 2.24) is 4.98 Å². The highest BCUT2D eigenvalue weighted by Crippen LogP contribution is 2.09. The normalized spacial score (nSPS) is 9.59. The predicted octanol–water partition coefficient (Wildman–Crippen LogP) is 2.15. The first-order valence-electron chi connectivity index (χ1n) is 5.22. The first kappa shape index (κ1) is 11.0. The topological polar surface area (TPSA) is 74.7 Å². The van der Waals surface area contributed by atoms with Crippen molar-refractivity contribution in [3.8, 4) is 6.07 Å². The largest absolute Gasteiger partial charge is 0.399 e. The molecule has 1 heterocycles. The van der Waals surface area contributed by atoms with Gasteiger partial charge in [0, 0.05) is 18.4 Å². The molecule has 0 atom stereocenters. The smallest absolute Gasteiger partial charge is 0.126 e. The average molecular weight is 224 g/mol. The summed E-state index contributed by atoms with van der Waals surface area (Å²) in [6, 6.07) is 13.2. The van der Waals surface area contributed by atoms with Crippen molar-refractivity contribution in [2.24, 2.45) is 0 Å². The maximum Gasteiger partial charge on any atom is 0.126 e. The van der Waals surface area contributed by atoms with Crippen molar-refractivity contribution in [1.29, 1.82) is 5.26 Å². The second kappa shape index (κ2) is 4.99. The van der Waals surface area contributed by atoms with Crippen LogP contribution in [0.4, 0.5) is 11.5 Å². The zero-order valence-electron chi connectivity index (χ0n) is 9.22. The van der Waals surface area contributed by atoms with Crippen LogP contribution in [0.1, 0.15) is 11.1 Å². The molecule has 0 spiro atoms. The molecule has 2 aromatic rings. The van der Waals surface area contributed by atoms with Crippen LogP contribution in [-0.2, 0) is 6.54 Å². The fourth-order valence-corrected chi connectivity index (χ4v) is 1.46. The van der Waals surface area contributed by atoms with Gasteiger partial charge in [-0.1, -0.05) is 12.1 Å². The Bertz CT molecular complexity index is 540. The van der Waals surface area contributed by atoms with E-state index in [9.17, 15) is 0 Å². The lowest BCUT2D eigenvalue weighted by molar-refractivity contribution is 1.11. The van der Waals surface area contributed by atoms with E-state index in [0.717, 1.165) is 17.1 Å². The highest BCUT2D eigenvalue weighted by Gasteiger charge is 1.96. The van der Waals surface area contributed by atoms with Crippen LogP contribution in [-0.4, -0.2) is 4.98 Å². The Morgan fingerprint density at radius 2 is 2.18 bits per heavy atom. The van der Waals surface area contributed by atoms with Crippen molar-refractivity contribution < 1.29 is 0 Å². The van der Waals surface area contributed by atoms with Gasteiger partial charge in [0.05, 0.1) is 5.56 Å². The molecule has 3 N–H and O–H groups in total. The number of aromatic nitrogens is 1. The van der Waals surface area contributed by atoms with Crippen LogP contribution < -0.4 is 11.1 Å². The Labute approximate surface area is 99.7 Å². The molecule has 4 nitrogen and oxygen atoms in total. The van der Waals surface area contributed by atoms with Crippen LogP contribution in [0.2, 0.25) is 0 Å². The Balaban J connectivity index is 2.00. The number of rotatable bonds is 3. The van der Waals surface area contributed by atoms with E-state index in [1.165, 1.54) is 0 Å². The summed E-state index contributed by atoms with van der Waals surface area (Å²) in [5.74, 6) is 0.742. The van der Waals surface area contributed by atoms with Crippen LogP contribution in [0.25, 0.3) is 0 Å². The molecule has 1 aromatic carbocycles. The maximum absolute atomic E-state index is 8.64. The Morgan fingerprint density at radius 3 is 2.82 bits per heavy atom. The van der Waals surface area contributed by atoms with Crippen molar-refractivity contribution in [3.05, 3.63) is 53.7 Å².